The minimum atomic E-state index is -1.22. The van der Waals surface area contributed by atoms with Gasteiger partial charge >= 0.3 is 5.97 Å². The zero-order chi connectivity index (χ0) is 28.0. The lowest BCUT2D eigenvalue weighted by Gasteiger charge is -2.24. The average Bonchev–Trinajstić information content (AvgIpc) is 2.88. The predicted molar refractivity (Wildman–Crippen MR) is 146 cm³/mol. The third-order valence-corrected chi connectivity index (χ3v) is 5.82. The number of carboxylic acids is 1. The minimum Gasteiger partial charge on any atom is -0.478 e. The van der Waals surface area contributed by atoms with Gasteiger partial charge in [0.05, 0.1) is 11.3 Å². The number of nitrogen functional groups attached to an aromatic ring is 2. The minimum absolute atomic E-state index is 0.0157. The molecule has 2 aromatic carbocycles. The van der Waals surface area contributed by atoms with Crippen molar-refractivity contribution in [1.82, 2.24) is 20.3 Å². The van der Waals surface area contributed by atoms with Gasteiger partial charge in [-0.1, -0.05) is 42.8 Å². The highest BCUT2D eigenvalue weighted by Crippen LogP contribution is 2.29. The Balaban J connectivity index is 2.04. The van der Waals surface area contributed by atoms with Gasteiger partial charge in [0.2, 0.25) is 11.7 Å². The number of anilines is 2. The summed E-state index contributed by atoms with van der Waals surface area (Å²) in [6, 6.07) is 10.8. The zero-order valence-corrected chi connectivity index (χ0v) is 21.7. The van der Waals surface area contributed by atoms with Crippen LogP contribution in [0.3, 0.4) is 0 Å². The van der Waals surface area contributed by atoms with E-state index in [0.717, 1.165) is 10.1 Å². The van der Waals surface area contributed by atoms with E-state index in [1.807, 2.05) is 13.8 Å². The standard InChI is InChI=1S/C25H29ClN8O4/c1-3-31-34(4-2)23-24(36)33(13-19(35)30-12-14-5-7-15(8-6-14)22(28)29)20(21(26)32-23)16-9-17(25(37)38)11-18(27)10-16/h5-11,31H,3-4,12-13,27H2,1-2H3,(H3,28,29)(H,30,35)(H,37,38). The number of hydrazine groups is 1. The fourth-order valence-corrected chi connectivity index (χ4v) is 4.06. The lowest BCUT2D eigenvalue weighted by molar-refractivity contribution is -0.121. The summed E-state index contributed by atoms with van der Waals surface area (Å²) in [6.07, 6.45) is 0. The molecular weight excluding hydrogens is 512 g/mol. The number of carboxylic acid groups (broad SMARTS) is 1. The number of benzene rings is 2. The van der Waals surface area contributed by atoms with Crippen LogP contribution in [0, 0.1) is 5.41 Å². The number of carbonyl (C=O) groups is 2. The van der Waals surface area contributed by atoms with E-state index in [9.17, 15) is 19.5 Å². The largest absolute Gasteiger partial charge is 0.478 e. The van der Waals surface area contributed by atoms with Gasteiger partial charge < -0.3 is 21.9 Å². The Morgan fingerprint density at radius 3 is 2.42 bits per heavy atom. The Morgan fingerprint density at radius 2 is 1.84 bits per heavy atom. The van der Waals surface area contributed by atoms with E-state index in [-0.39, 0.29) is 45.9 Å². The quantitative estimate of drug-likeness (QED) is 0.0909. The summed E-state index contributed by atoms with van der Waals surface area (Å²) < 4.78 is 1.15. The molecule has 12 nitrogen and oxygen atoms in total. The molecule has 200 valence electrons. The number of amidine groups is 1. The highest BCUT2D eigenvalue weighted by Gasteiger charge is 2.23. The maximum absolute atomic E-state index is 13.6. The highest BCUT2D eigenvalue weighted by atomic mass is 35.5. The molecule has 0 spiro atoms. The zero-order valence-electron chi connectivity index (χ0n) is 20.9. The first-order chi connectivity index (χ1) is 18.0. The average molecular weight is 541 g/mol. The van der Waals surface area contributed by atoms with Crippen LogP contribution >= 0.6 is 11.6 Å². The molecule has 1 aromatic heterocycles. The van der Waals surface area contributed by atoms with E-state index in [0.29, 0.717) is 18.7 Å². The molecule has 0 aliphatic carbocycles. The first kappa shape index (κ1) is 28.2. The van der Waals surface area contributed by atoms with Crippen molar-refractivity contribution in [2.75, 3.05) is 23.8 Å². The van der Waals surface area contributed by atoms with E-state index in [1.165, 1.54) is 23.2 Å². The summed E-state index contributed by atoms with van der Waals surface area (Å²) in [5.74, 6) is -1.79. The van der Waals surface area contributed by atoms with Gasteiger partial charge in [0.15, 0.2) is 5.15 Å². The van der Waals surface area contributed by atoms with Crippen LogP contribution in [0.4, 0.5) is 11.5 Å². The number of aromatic nitrogens is 2. The van der Waals surface area contributed by atoms with Crippen LogP contribution in [0.25, 0.3) is 11.3 Å². The molecule has 3 aromatic rings. The predicted octanol–water partition coefficient (Wildman–Crippen LogP) is 1.80. The molecular formula is C25H29ClN8O4. The molecule has 0 bridgehead atoms. The van der Waals surface area contributed by atoms with Gasteiger partial charge in [-0.05, 0) is 30.7 Å². The van der Waals surface area contributed by atoms with Gasteiger partial charge in [-0.3, -0.25) is 24.6 Å². The summed E-state index contributed by atoms with van der Waals surface area (Å²) >= 11 is 6.55. The number of nitrogens with zero attached hydrogens (tertiary/aromatic N) is 3. The van der Waals surface area contributed by atoms with Crippen LogP contribution in [0.5, 0.6) is 0 Å². The summed E-state index contributed by atoms with van der Waals surface area (Å²) in [4.78, 5) is 42.5. The lowest BCUT2D eigenvalue weighted by Crippen LogP contribution is -2.44. The Morgan fingerprint density at radius 1 is 1.16 bits per heavy atom. The molecule has 8 N–H and O–H groups in total. The van der Waals surface area contributed by atoms with Gasteiger partial charge in [0.25, 0.3) is 5.56 Å². The van der Waals surface area contributed by atoms with Crippen molar-refractivity contribution in [1.29, 1.82) is 5.41 Å². The fourth-order valence-electron chi connectivity index (χ4n) is 3.77. The maximum Gasteiger partial charge on any atom is 0.335 e. The molecule has 3 rings (SSSR count). The first-order valence-electron chi connectivity index (χ1n) is 11.7. The Kier molecular flexibility index (Phi) is 9.05. The van der Waals surface area contributed by atoms with Crippen molar-refractivity contribution in [3.63, 3.8) is 0 Å². The second kappa shape index (κ2) is 12.2. The number of rotatable bonds is 11. The fraction of sp³-hybridized carbons (Fsp3) is 0.240. The summed E-state index contributed by atoms with van der Waals surface area (Å²) in [7, 11) is 0. The molecule has 1 amide bonds. The van der Waals surface area contributed by atoms with Crippen LogP contribution in [0.2, 0.25) is 5.15 Å². The second-order valence-electron chi connectivity index (χ2n) is 8.26. The number of nitrogens with one attached hydrogen (secondary N) is 3. The molecule has 0 atom stereocenters. The van der Waals surface area contributed by atoms with Crippen molar-refractivity contribution in [3.05, 3.63) is 74.7 Å². The summed E-state index contributed by atoms with van der Waals surface area (Å²) in [5.41, 5.74) is 15.4. The molecule has 13 heteroatoms. The molecule has 1 heterocycles. The van der Waals surface area contributed by atoms with E-state index in [2.05, 4.69) is 15.7 Å². The lowest BCUT2D eigenvalue weighted by atomic mass is 10.1. The van der Waals surface area contributed by atoms with Crippen molar-refractivity contribution in [3.8, 4) is 11.3 Å². The first-order valence-corrected chi connectivity index (χ1v) is 12.1. The topological polar surface area (TPSA) is 192 Å². The number of hydrogen-bond acceptors (Lipinski definition) is 8. The van der Waals surface area contributed by atoms with E-state index < -0.39 is 24.0 Å². The number of hydrogen-bond donors (Lipinski definition) is 6. The van der Waals surface area contributed by atoms with Crippen LogP contribution in [-0.4, -0.2) is 45.5 Å². The Labute approximate surface area is 223 Å². The Hall–Kier alpha value is -4.42. The van der Waals surface area contributed by atoms with Crippen molar-refractivity contribution < 1.29 is 14.7 Å². The number of aromatic carboxylic acids is 1. The third-order valence-electron chi connectivity index (χ3n) is 5.56. The van der Waals surface area contributed by atoms with Crippen molar-refractivity contribution in [2.24, 2.45) is 5.73 Å². The summed E-state index contributed by atoms with van der Waals surface area (Å²) in [5, 5.41) is 21.1. The van der Waals surface area contributed by atoms with E-state index in [1.54, 1.807) is 24.3 Å². The molecule has 0 aliphatic rings. The normalized spacial score (nSPS) is 10.7. The molecule has 0 saturated carbocycles. The number of amides is 1. The van der Waals surface area contributed by atoms with Gasteiger partial charge in [0, 0.05) is 36.4 Å². The van der Waals surface area contributed by atoms with E-state index >= 15 is 0 Å². The van der Waals surface area contributed by atoms with Gasteiger partial charge in [-0.2, -0.15) is 0 Å². The van der Waals surface area contributed by atoms with Crippen LogP contribution in [-0.2, 0) is 17.9 Å². The third kappa shape index (κ3) is 6.47. The van der Waals surface area contributed by atoms with Crippen LogP contribution in [0.1, 0.15) is 35.3 Å². The SMILES string of the molecule is CCNN(CC)c1nc(Cl)c(-c2cc(N)cc(C(=O)O)c2)n(CC(=O)NCc2ccc(C(=N)N)cc2)c1=O. The second-order valence-corrected chi connectivity index (χ2v) is 8.62. The van der Waals surface area contributed by atoms with Crippen molar-refractivity contribution >= 4 is 40.8 Å². The van der Waals surface area contributed by atoms with E-state index in [4.69, 9.17) is 28.5 Å². The highest BCUT2D eigenvalue weighted by molar-refractivity contribution is 6.32. The maximum atomic E-state index is 13.6. The van der Waals surface area contributed by atoms with Crippen LogP contribution < -0.4 is 32.8 Å². The number of carbonyl (C=O) groups excluding carboxylic acids is 1. The number of nitrogens with two attached hydrogens (primary N) is 2. The molecule has 0 radical (unpaired) electrons. The molecule has 0 aliphatic heterocycles. The van der Waals surface area contributed by atoms with Gasteiger partial charge in [-0.15, -0.1) is 0 Å². The molecule has 38 heavy (non-hydrogen) atoms. The molecule has 0 saturated heterocycles. The number of halogens is 1. The molecule has 0 unspecified atom stereocenters. The van der Waals surface area contributed by atoms with Gasteiger partial charge in [-0.25, -0.2) is 15.2 Å². The van der Waals surface area contributed by atoms with Gasteiger partial charge in [0.1, 0.15) is 12.4 Å². The Bertz CT molecular complexity index is 1420. The monoisotopic (exact) mass is 540 g/mol. The van der Waals surface area contributed by atoms with Crippen LogP contribution in [0.15, 0.2) is 47.3 Å². The smallest absolute Gasteiger partial charge is 0.335 e. The summed E-state index contributed by atoms with van der Waals surface area (Å²) in [6.45, 7) is 4.30. The van der Waals surface area contributed by atoms with Crippen molar-refractivity contribution in [2.45, 2.75) is 26.9 Å². The molecule has 0 fully saturated rings.